The van der Waals surface area contributed by atoms with Crippen molar-refractivity contribution in [2.24, 2.45) is 0 Å². The van der Waals surface area contributed by atoms with Crippen LogP contribution in [-0.4, -0.2) is 77.4 Å². The fourth-order valence-corrected chi connectivity index (χ4v) is 2.92. The number of anilines is 4. The molecule has 0 amide bonds. The van der Waals surface area contributed by atoms with Crippen LogP contribution in [0.1, 0.15) is 0 Å². The first-order valence-electron chi connectivity index (χ1n) is 13.1. The maximum absolute atomic E-state index is 10.00. The fourth-order valence-electron chi connectivity index (χ4n) is 2.92. The van der Waals surface area contributed by atoms with E-state index in [1.165, 1.54) is 0 Å². The summed E-state index contributed by atoms with van der Waals surface area (Å²) in [6.07, 6.45) is 0. The minimum atomic E-state index is -1.10. The van der Waals surface area contributed by atoms with Crippen LogP contribution in [-0.2, 0) is 19.2 Å². The molecule has 0 aliphatic heterocycles. The Bertz CT molecular complexity index is 1150. The van der Waals surface area contributed by atoms with Crippen LogP contribution in [0, 0.1) is 0 Å². The summed E-state index contributed by atoms with van der Waals surface area (Å²) in [4.78, 5) is 40.0. The van der Waals surface area contributed by atoms with Gasteiger partial charge in [0.1, 0.15) is 0 Å². The quantitative estimate of drug-likeness (QED) is 0.127. The molecule has 0 atom stereocenters. The second-order valence-corrected chi connectivity index (χ2v) is 8.37. The van der Waals surface area contributed by atoms with Crippen LogP contribution in [0.15, 0.2) is 121 Å². The topological polar surface area (TPSA) is 209 Å². The molecule has 0 radical (unpaired) electrons. The predicted octanol–water partition coefficient (Wildman–Crippen LogP) is -0.987. The van der Waals surface area contributed by atoms with Crippen molar-refractivity contribution in [2.45, 2.75) is 0 Å². The third-order valence-corrected chi connectivity index (χ3v) is 4.84. The number of carboxylic acid groups (broad SMARTS) is 4. The standard InChI is InChI=1S/4C8H9NO2.Pb/c4*10-8(11)6-9-7-4-2-1-3-5-7;/h4*1-5,9H,6H2,(H,10,11);/q;;;;+4/p-4. The summed E-state index contributed by atoms with van der Waals surface area (Å²) >= 11 is 0. The number of para-hydroxylation sites is 4. The van der Waals surface area contributed by atoms with E-state index in [2.05, 4.69) is 21.3 Å². The zero-order valence-electron chi connectivity index (χ0n) is 24.1. The molecule has 4 rings (SSSR count). The summed E-state index contributed by atoms with van der Waals surface area (Å²) in [5, 5.41) is 50.7. The third kappa shape index (κ3) is 24.1. The first-order chi connectivity index (χ1) is 21.2. The molecule has 0 spiro atoms. The molecule has 0 bridgehead atoms. The van der Waals surface area contributed by atoms with Gasteiger partial charge in [-0.15, -0.1) is 0 Å². The number of carbonyl (C=O) groups excluding carboxylic acids is 4. The van der Waals surface area contributed by atoms with Gasteiger partial charge in [-0.3, -0.25) is 0 Å². The van der Waals surface area contributed by atoms with E-state index in [1.54, 1.807) is 48.5 Å². The predicted molar refractivity (Wildman–Crippen MR) is 166 cm³/mol. The molecule has 0 aromatic heterocycles. The average Bonchev–Trinajstić information content (AvgIpc) is 3.04. The van der Waals surface area contributed by atoms with Gasteiger partial charge in [-0.25, -0.2) is 0 Å². The number of nitrogens with one attached hydrogen (secondary N) is 4. The summed E-state index contributed by atoms with van der Waals surface area (Å²) in [6.45, 7) is -0.595. The van der Waals surface area contributed by atoms with Gasteiger partial charge in [-0.1, -0.05) is 72.8 Å². The minimum absolute atomic E-state index is 0. The van der Waals surface area contributed by atoms with E-state index >= 15 is 0 Å². The largest absolute Gasteiger partial charge is 4.00 e. The van der Waals surface area contributed by atoms with Crippen LogP contribution >= 0.6 is 0 Å². The van der Waals surface area contributed by atoms with Gasteiger partial charge in [-0.2, -0.15) is 0 Å². The Labute approximate surface area is 281 Å². The van der Waals surface area contributed by atoms with E-state index in [9.17, 15) is 39.6 Å². The number of carbonyl (C=O) groups is 4. The molecule has 0 saturated carbocycles. The molecular weight excluding hydrogens is 776 g/mol. The summed E-state index contributed by atoms with van der Waals surface area (Å²) in [6, 6.07) is 36.5. The van der Waals surface area contributed by atoms with Gasteiger partial charge < -0.3 is 60.9 Å². The molecule has 0 saturated heterocycles. The van der Waals surface area contributed by atoms with E-state index in [1.807, 2.05) is 72.8 Å². The van der Waals surface area contributed by atoms with Gasteiger partial charge in [0, 0.05) is 22.7 Å². The van der Waals surface area contributed by atoms with Gasteiger partial charge in [0.25, 0.3) is 0 Å². The van der Waals surface area contributed by atoms with Crippen LogP contribution in [0.4, 0.5) is 22.7 Å². The van der Waals surface area contributed by atoms with Crippen molar-refractivity contribution in [1.82, 2.24) is 0 Å². The normalized spacial score (nSPS) is 8.89. The van der Waals surface area contributed by atoms with E-state index < -0.39 is 23.9 Å². The Morgan fingerprint density at radius 2 is 0.511 bits per heavy atom. The van der Waals surface area contributed by atoms with Gasteiger partial charge in [0.05, 0.1) is 50.1 Å². The number of hydrogen-bond acceptors (Lipinski definition) is 12. The Balaban J connectivity index is 0.000000569. The van der Waals surface area contributed by atoms with Crippen LogP contribution < -0.4 is 41.7 Å². The SMILES string of the molecule is O=C([O-])CNc1ccccc1.O=C([O-])CNc1ccccc1.O=C([O-])CNc1ccccc1.O=C([O-])CNc1ccccc1.[Pb+4]. The number of benzene rings is 4. The smallest absolute Gasteiger partial charge is 0.548 e. The van der Waals surface area contributed by atoms with E-state index in [0.29, 0.717) is 0 Å². The molecule has 13 heteroatoms. The zero-order chi connectivity index (χ0) is 32.4. The molecule has 4 N–H and O–H groups in total. The van der Waals surface area contributed by atoms with Crippen LogP contribution in [0.2, 0.25) is 0 Å². The third-order valence-electron chi connectivity index (χ3n) is 4.84. The molecule has 232 valence electrons. The molecule has 4 aromatic carbocycles. The molecule has 12 nitrogen and oxygen atoms in total. The van der Waals surface area contributed by atoms with Crippen molar-refractivity contribution >= 4 is 73.9 Å². The molecule has 0 aliphatic carbocycles. The van der Waals surface area contributed by atoms with Crippen molar-refractivity contribution < 1.29 is 39.6 Å². The van der Waals surface area contributed by atoms with Crippen molar-refractivity contribution in [3.8, 4) is 0 Å². The Morgan fingerprint density at radius 1 is 0.356 bits per heavy atom. The van der Waals surface area contributed by atoms with Gasteiger partial charge in [0.15, 0.2) is 0 Å². The monoisotopic (exact) mass is 808 g/mol. The van der Waals surface area contributed by atoms with Crippen LogP contribution in [0.25, 0.3) is 0 Å². The average molecular weight is 808 g/mol. The van der Waals surface area contributed by atoms with Gasteiger partial charge >= 0.3 is 27.3 Å². The number of carboxylic acids is 4. The van der Waals surface area contributed by atoms with Crippen LogP contribution in [0.3, 0.4) is 0 Å². The number of hydrogen-bond donors (Lipinski definition) is 4. The molecule has 45 heavy (non-hydrogen) atoms. The van der Waals surface area contributed by atoms with Crippen molar-refractivity contribution in [3.63, 3.8) is 0 Å². The van der Waals surface area contributed by atoms with Gasteiger partial charge in [0.2, 0.25) is 0 Å². The molecule has 0 aliphatic rings. The van der Waals surface area contributed by atoms with E-state index in [-0.39, 0.29) is 53.5 Å². The van der Waals surface area contributed by atoms with Crippen molar-refractivity contribution in [1.29, 1.82) is 0 Å². The number of aliphatic carboxylic acids is 4. The van der Waals surface area contributed by atoms with Gasteiger partial charge in [-0.05, 0) is 48.5 Å². The number of rotatable bonds is 12. The van der Waals surface area contributed by atoms with E-state index in [4.69, 9.17) is 0 Å². The second-order valence-electron chi connectivity index (χ2n) is 8.37. The summed E-state index contributed by atoms with van der Waals surface area (Å²) in [5.74, 6) is -4.41. The minimum Gasteiger partial charge on any atom is -0.548 e. The van der Waals surface area contributed by atoms with Crippen LogP contribution in [0.5, 0.6) is 0 Å². The Morgan fingerprint density at radius 3 is 0.644 bits per heavy atom. The molecule has 4 aromatic rings. The molecule has 0 heterocycles. The summed E-state index contributed by atoms with van der Waals surface area (Å²) in [7, 11) is 0. The Kier molecular flexibility index (Phi) is 22.5. The Hall–Kier alpha value is -5.12. The first kappa shape index (κ1) is 39.9. The molecular formula is C32H32N4O8Pb. The maximum Gasteiger partial charge on any atom is 4.00 e. The fraction of sp³-hybridized carbons (Fsp3) is 0.125. The molecule has 0 unspecified atom stereocenters. The van der Waals surface area contributed by atoms with Crippen molar-refractivity contribution in [3.05, 3.63) is 121 Å². The molecule has 0 fully saturated rings. The van der Waals surface area contributed by atoms with E-state index in [0.717, 1.165) is 22.7 Å². The maximum atomic E-state index is 10.00. The summed E-state index contributed by atoms with van der Waals surface area (Å²) < 4.78 is 0. The van der Waals surface area contributed by atoms with Crippen molar-refractivity contribution in [2.75, 3.05) is 47.4 Å². The summed E-state index contributed by atoms with van der Waals surface area (Å²) in [5.41, 5.74) is 3.15. The zero-order valence-corrected chi connectivity index (χ0v) is 28.0. The second kappa shape index (κ2) is 25.4. The first-order valence-corrected chi connectivity index (χ1v) is 13.1.